The molecule has 0 saturated heterocycles. The van der Waals surface area contributed by atoms with Crippen LogP contribution in [0.5, 0.6) is 0 Å². The second kappa shape index (κ2) is 8.41. The van der Waals surface area contributed by atoms with E-state index in [1.54, 1.807) is 42.5 Å². The van der Waals surface area contributed by atoms with Gasteiger partial charge in [-0.25, -0.2) is 0 Å². The molecular formula is C18H14ClN3O5. The van der Waals surface area contributed by atoms with Gasteiger partial charge in [0, 0.05) is 23.1 Å². The molecule has 27 heavy (non-hydrogen) atoms. The van der Waals surface area contributed by atoms with Gasteiger partial charge in [0.1, 0.15) is 6.61 Å². The summed E-state index contributed by atoms with van der Waals surface area (Å²) in [6.07, 6.45) is 0.221. The van der Waals surface area contributed by atoms with E-state index in [0.717, 1.165) is 5.56 Å². The Kier molecular flexibility index (Phi) is 5.77. The molecule has 9 heteroatoms. The maximum atomic E-state index is 11.9. The van der Waals surface area contributed by atoms with Crippen LogP contribution in [0.4, 0.5) is 5.69 Å². The summed E-state index contributed by atoms with van der Waals surface area (Å²) in [6, 6.07) is 13.1. The average molecular weight is 388 g/mol. The predicted octanol–water partition coefficient (Wildman–Crippen LogP) is 3.97. The summed E-state index contributed by atoms with van der Waals surface area (Å²) in [5, 5.41) is 15.4. The molecule has 0 aliphatic rings. The van der Waals surface area contributed by atoms with Gasteiger partial charge in [-0.15, -0.1) is 0 Å². The van der Waals surface area contributed by atoms with Gasteiger partial charge in [-0.1, -0.05) is 28.9 Å². The summed E-state index contributed by atoms with van der Waals surface area (Å²) in [6.45, 7) is -0.171. The van der Waals surface area contributed by atoms with Gasteiger partial charge in [-0.05, 0) is 30.3 Å². The van der Waals surface area contributed by atoms with Gasteiger partial charge in [0.15, 0.2) is 0 Å². The van der Waals surface area contributed by atoms with Gasteiger partial charge in [-0.2, -0.15) is 4.98 Å². The molecule has 0 atom stereocenters. The number of nitro benzene ring substituents is 1. The Balaban J connectivity index is 1.53. The molecule has 0 fully saturated rings. The molecule has 3 rings (SSSR count). The van der Waals surface area contributed by atoms with Gasteiger partial charge in [-0.3, -0.25) is 14.9 Å². The monoisotopic (exact) mass is 387 g/mol. The number of aryl methyl sites for hydroxylation is 1. The van der Waals surface area contributed by atoms with Gasteiger partial charge in [0.25, 0.3) is 5.69 Å². The third kappa shape index (κ3) is 4.89. The molecule has 8 nitrogen and oxygen atoms in total. The third-order valence-corrected chi connectivity index (χ3v) is 3.94. The average Bonchev–Trinajstić information content (AvgIpc) is 3.14. The first-order valence-corrected chi connectivity index (χ1v) is 8.37. The summed E-state index contributed by atoms with van der Waals surface area (Å²) in [5.74, 6) is 0.178. The second-order valence-electron chi connectivity index (χ2n) is 5.57. The molecule has 1 heterocycles. The number of ether oxygens (including phenoxy) is 1. The van der Waals surface area contributed by atoms with Gasteiger partial charge < -0.3 is 9.26 Å². The zero-order valence-corrected chi connectivity index (χ0v) is 14.8. The molecule has 138 valence electrons. The van der Waals surface area contributed by atoms with E-state index >= 15 is 0 Å². The molecule has 2 aromatic carbocycles. The molecule has 0 spiro atoms. The lowest BCUT2D eigenvalue weighted by atomic mass is 10.2. The molecule has 0 aliphatic carbocycles. The van der Waals surface area contributed by atoms with Crippen LogP contribution in [0.25, 0.3) is 11.4 Å². The molecule has 0 N–H and O–H groups in total. The number of carbonyl (C=O) groups is 1. The summed E-state index contributed by atoms with van der Waals surface area (Å²) >= 11 is 5.84. The normalized spacial score (nSPS) is 10.6. The Hall–Kier alpha value is -3.26. The largest absolute Gasteiger partial charge is 0.461 e. The smallest absolute Gasteiger partial charge is 0.306 e. The van der Waals surface area contributed by atoms with Crippen molar-refractivity contribution in [3.8, 4) is 11.4 Å². The van der Waals surface area contributed by atoms with E-state index < -0.39 is 10.9 Å². The van der Waals surface area contributed by atoms with E-state index in [-0.39, 0.29) is 25.1 Å². The highest BCUT2D eigenvalue weighted by atomic mass is 35.5. The van der Waals surface area contributed by atoms with E-state index in [0.29, 0.717) is 22.3 Å². The number of aromatic nitrogens is 2. The Morgan fingerprint density at radius 3 is 2.67 bits per heavy atom. The third-order valence-electron chi connectivity index (χ3n) is 3.69. The fourth-order valence-corrected chi connectivity index (χ4v) is 2.45. The molecule has 0 saturated carbocycles. The number of hydrogen-bond acceptors (Lipinski definition) is 7. The van der Waals surface area contributed by atoms with Crippen molar-refractivity contribution in [1.82, 2.24) is 10.1 Å². The topological polar surface area (TPSA) is 108 Å². The van der Waals surface area contributed by atoms with E-state index in [4.69, 9.17) is 20.9 Å². The SMILES string of the molecule is O=C(CCc1nc(-c2ccc(Cl)cc2)no1)OCc1ccccc1[N+](=O)[O-]. The first-order valence-electron chi connectivity index (χ1n) is 7.99. The number of benzene rings is 2. The number of esters is 1. The summed E-state index contributed by atoms with van der Waals surface area (Å²) in [7, 11) is 0. The molecule has 0 aliphatic heterocycles. The lowest BCUT2D eigenvalue weighted by Gasteiger charge is -2.04. The van der Waals surface area contributed by atoms with Crippen molar-refractivity contribution in [3.05, 3.63) is 75.1 Å². The summed E-state index contributed by atoms with van der Waals surface area (Å²) in [5.41, 5.74) is 0.988. The minimum absolute atomic E-state index is 0.0167. The maximum Gasteiger partial charge on any atom is 0.306 e. The highest BCUT2D eigenvalue weighted by molar-refractivity contribution is 6.30. The Morgan fingerprint density at radius 1 is 1.19 bits per heavy atom. The number of halogens is 1. The molecule has 0 radical (unpaired) electrons. The zero-order chi connectivity index (χ0) is 19.2. The minimum atomic E-state index is -0.514. The van der Waals surface area contributed by atoms with Crippen LogP contribution in [-0.2, 0) is 22.6 Å². The number of hydrogen-bond donors (Lipinski definition) is 0. The zero-order valence-electron chi connectivity index (χ0n) is 14.0. The Labute approximate surface area is 158 Å². The van der Waals surface area contributed by atoms with Gasteiger partial charge in [0.05, 0.1) is 16.9 Å². The highest BCUT2D eigenvalue weighted by Gasteiger charge is 2.15. The van der Waals surface area contributed by atoms with Crippen molar-refractivity contribution in [1.29, 1.82) is 0 Å². The number of carbonyl (C=O) groups excluding carboxylic acids is 1. The standard InChI is InChI=1S/C18H14ClN3O5/c19-14-7-5-12(6-8-14)18-20-16(27-21-18)9-10-17(23)26-11-13-3-1-2-4-15(13)22(24)25/h1-8H,9-11H2. The van der Waals surface area contributed by atoms with Crippen LogP contribution in [0.1, 0.15) is 17.9 Å². The van der Waals surface area contributed by atoms with Crippen molar-refractivity contribution in [2.45, 2.75) is 19.4 Å². The molecular weight excluding hydrogens is 374 g/mol. The first-order chi connectivity index (χ1) is 13.0. The number of para-hydroxylation sites is 1. The molecule has 1 aromatic heterocycles. The quantitative estimate of drug-likeness (QED) is 0.342. The minimum Gasteiger partial charge on any atom is -0.461 e. The lowest BCUT2D eigenvalue weighted by molar-refractivity contribution is -0.385. The van der Waals surface area contributed by atoms with E-state index in [1.807, 2.05) is 0 Å². The van der Waals surface area contributed by atoms with Gasteiger partial charge >= 0.3 is 5.97 Å². The molecule has 0 amide bonds. The van der Waals surface area contributed by atoms with Crippen LogP contribution in [0.2, 0.25) is 5.02 Å². The number of nitrogens with zero attached hydrogens (tertiary/aromatic N) is 3. The van der Waals surface area contributed by atoms with Crippen molar-refractivity contribution in [2.24, 2.45) is 0 Å². The van der Waals surface area contributed by atoms with E-state index in [1.165, 1.54) is 6.07 Å². The highest BCUT2D eigenvalue weighted by Crippen LogP contribution is 2.20. The van der Waals surface area contributed by atoms with E-state index in [9.17, 15) is 14.9 Å². The fourth-order valence-electron chi connectivity index (χ4n) is 2.32. The van der Waals surface area contributed by atoms with Crippen LogP contribution in [0.3, 0.4) is 0 Å². The fraction of sp³-hybridized carbons (Fsp3) is 0.167. The molecule has 0 unspecified atom stereocenters. The number of nitro groups is 1. The second-order valence-corrected chi connectivity index (χ2v) is 6.00. The molecule has 3 aromatic rings. The summed E-state index contributed by atoms with van der Waals surface area (Å²) in [4.78, 5) is 26.5. The predicted molar refractivity (Wildman–Crippen MR) is 96.0 cm³/mol. The van der Waals surface area contributed by atoms with Crippen LogP contribution >= 0.6 is 11.6 Å². The van der Waals surface area contributed by atoms with Gasteiger partial charge in [0.2, 0.25) is 11.7 Å². The van der Waals surface area contributed by atoms with Crippen molar-refractivity contribution in [3.63, 3.8) is 0 Å². The van der Waals surface area contributed by atoms with Crippen molar-refractivity contribution < 1.29 is 19.0 Å². The Morgan fingerprint density at radius 2 is 1.93 bits per heavy atom. The first kappa shape index (κ1) is 18.5. The van der Waals surface area contributed by atoms with Crippen LogP contribution in [-0.4, -0.2) is 21.0 Å². The van der Waals surface area contributed by atoms with Crippen LogP contribution in [0, 0.1) is 10.1 Å². The van der Waals surface area contributed by atoms with Crippen molar-refractivity contribution >= 4 is 23.3 Å². The van der Waals surface area contributed by atoms with Crippen LogP contribution < -0.4 is 0 Å². The Bertz CT molecular complexity index is 956. The maximum absolute atomic E-state index is 11.9. The summed E-state index contributed by atoms with van der Waals surface area (Å²) < 4.78 is 10.2. The van der Waals surface area contributed by atoms with Crippen LogP contribution in [0.15, 0.2) is 53.1 Å². The van der Waals surface area contributed by atoms with Crippen molar-refractivity contribution in [2.75, 3.05) is 0 Å². The number of rotatable bonds is 7. The lowest BCUT2D eigenvalue weighted by Crippen LogP contribution is -2.07. The van der Waals surface area contributed by atoms with E-state index in [2.05, 4.69) is 10.1 Å². The molecule has 0 bridgehead atoms.